The third-order valence-electron chi connectivity index (χ3n) is 9.44. The first-order chi connectivity index (χ1) is 24.8. The van der Waals surface area contributed by atoms with E-state index in [4.69, 9.17) is 19.9 Å². The fourth-order valence-corrected chi connectivity index (χ4v) is 7.12. The predicted molar refractivity (Wildman–Crippen MR) is 203 cm³/mol. The average molecular weight is 641 g/mol. The van der Waals surface area contributed by atoms with E-state index in [0.29, 0.717) is 17.6 Å². The van der Waals surface area contributed by atoms with E-state index in [-0.39, 0.29) is 0 Å². The van der Waals surface area contributed by atoms with Crippen LogP contribution < -0.4 is 0 Å². The van der Waals surface area contributed by atoms with Crippen molar-refractivity contribution >= 4 is 43.7 Å². The van der Waals surface area contributed by atoms with Gasteiger partial charge in [-0.3, -0.25) is 9.13 Å². The molecule has 4 aromatic heterocycles. The smallest absolute Gasteiger partial charge is 0.238 e. The summed E-state index contributed by atoms with van der Waals surface area (Å²) in [6.07, 6.45) is 1.86. The minimum Gasteiger partial charge on any atom is -0.294 e. The van der Waals surface area contributed by atoms with Crippen LogP contribution in [0.5, 0.6) is 0 Å². The second-order valence-corrected chi connectivity index (χ2v) is 12.4. The van der Waals surface area contributed by atoms with Crippen molar-refractivity contribution in [2.24, 2.45) is 0 Å². The molecule has 4 heterocycles. The highest BCUT2D eigenvalue weighted by Crippen LogP contribution is 2.37. The van der Waals surface area contributed by atoms with Crippen molar-refractivity contribution in [2.45, 2.75) is 0 Å². The molecule has 0 saturated carbocycles. The Kier molecular flexibility index (Phi) is 6.39. The van der Waals surface area contributed by atoms with Crippen LogP contribution in [0.4, 0.5) is 0 Å². The zero-order valence-corrected chi connectivity index (χ0v) is 26.8. The minimum atomic E-state index is 0.576. The van der Waals surface area contributed by atoms with Crippen LogP contribution >= 0.6 is 0 Å². The summed E-state index contributed by atoms with van der Waals surface area (Å²) in [6.45, 7) is 0. The van der Waals surface area contributed by atoms with E-state index in [2.05, 4.69) is 100 Å². The molecular formula is C44H28N6. The lowest BCUT2D eigenvalue weighted by Gasteiger charge is -2.11. The zero-order valence-electron chi connectivity index (χ0n) is 26.8. The number of rotatable bonds is 5. The van der Waals surface area contributed by atoms with Crippen molar-refractivity contribution in [3.05, 3.63) is 170 Å². The third-order valence-corrected chi connectivity index (χ3v) is 9.44. The topological polar surface area (TPSA) is 61.4 Å². The van der Waals surface area contributed by atoms with E-state index in [1.54, 1.807) is 0 Å². The van der Waals surface area contributed by atoms with Crippen LogP contribution in [0.25, 0.3) is 89.3 Å². The molecule has 0 spiro atoms. The van der Waals surface area contributed by atoms with Crippen molar-refractivity contribution in [1.82, 2.24) is 29.1 Å². The lowest BCUT2D eigenvalue weighted by Crippen LogP contribution is -2.06. The highest BCUT2D eigenvalue weighted by molar-refractivity contribution is 6.11. The Labute approximate surface area is 287 Å². The molecule has 10 aromatic rings. The molecule has 0 amide bonds. The molecule has 0 unspecified atom stereocenters. The Morgan fingerprint density at radius 1 is 0.360 bits per heavy atom. The maximum atomic E-state index is 5.12. The number of fused-ring (bicyclic) bond motifs is 6. The van der Waals surface area contributed by atoms with Gasteiger partial charge in [0.05, 0.1) is 16.6 Å². The maximum Gasteiger partial charge on any atom is 0.238 e. The number of benzene rings is 6. The number of aromatic nitrogens is 6. The van der Waals surface area contributed by atoms with Crippen LogP contribution in [0.3, 0.4) is 0 Å². The summed E-state index contributed by atoms with van der Waals surface area (Å²) in [6, 6.07) is 56.7. The molecule has 0 radical (unpaired) electrons. The van der Waals surface area contributed by atoms with Gasteiger partial charge in [0, 0.05) is 44.6 Å². The van der Waals surface area contributed by atoms with E-state index in [0.717, 1.165) is 66.3 Å². The average Bonchev–Trinajstić information content (AvgIpc) is 3.71. The zero-order chi connectivity index (χ0) is 33.0. The lowest BCUT2D eigenvalue weighted by atomic mass is 10.0. The van der Waals surface area contributed by atoms with Crippen LogP contribution in [0, 0.1) is 0 Å². The SMILES string of the molecule is c1ccc(-c2nc(-c3ccccc3)nc(-n3c4ccccc4c4ccc(-c5ccc6c7cccnc7n(-c7ccccc7)c6c5)cc43)n2)cc1. The summed E-state index contributed by atoms with van der Waals surface area (Å²) >= 11 is 0. The molecule has 6 heteroatoms. The molecule has 0 atom stereocenters. The molecule has 0 saturated heterocycles. The van der Waals surface area contributed by atoms with Gasteiger partial charge in [0.25, 0.3) is 0 Å². The predicted octanol–water partition coefficient (Wildman–Crippen LogP) is 10.5. The Morgan fingerprint density at radius 2 is 0.880 bits per heavy atom. The Bertz CT molecular complexity index is 2800. The van der Waals surface area contributed by atoms with Gasteiger partial charge in [-0.1, -0.05) is 121 Å². The second-order valence-electron chi connectivity index (χ2n) is 12.4. The van der Waals surface area contributed by atoms with Crippen molar-refractivity contribution in [3.63, 3.8) is 0 Å². The van der Waals surface area contributed by atoms with Gasteiger partial charge >= 0.3 is 0 Å². The van der Waals surface area contributed by atoms with Crippen molar-refractivity contribution in [2.75, 3.05) is 0 Å². The van der Waals surface area contributed by atoms with Crippen LogP contribution in [0.15, 0.2) is 170 Å². The van der Waals surface area contributed by atoms with E-state index in [1.807, 2.05) is 79.0 Å². The number of para-hydroxylation sites is 2. The van der Waals surface area contributed by atoms with Crippen LogP contribution in [-0.2, 0) is 0 Å². The fourth-order valence-electron chi connectivity index (χ4n) is 7.12. The van der Waals surface area contributed by atoms with Gasteiger partial charge in [0.1, 0.15) is 5.65 Å². The molecule has 6 nitrogen and oxygen atoms in total. The van der Waals surface area contributed by atoms with E-state index in [1.165, 1.54) is 5.39 Å². The molecule has 50 heavy (non-hydrogen) atoms. The summed E-state index contributed by atoms with van der Waals surface area (Å²) in [4.78, 5) is 20.0. The van der Waals surface area contributed by atoms with Crippen LogP contribution in [0.1, 0.15) is 0 Å². The summed E-state index contributed by atoms with van der Waals surface area (Å²) in [7, 11) is 0. The summed E-state index contributed by atoms with van der Waals surface area (Å²) in [5, 5.41) is 4.58. The second kappa shape index (κ2) is 11.4. The standard InChI is InChI=1S/C44H28N6/c1-4-13-29(14-5-1)41-46-42(30-15-6-2-7-16-30)48-44(47-41)50-38-21-11-10-19-34(38)35-24-22-32(28-40(35)50)31-23-25-36-37-20-12-26-45-43(37)49(39(36)27-31)33-17-8-3-9-18-33/h1-28H. The third kappa shape index (κ3) is 4.50. The quantitative estimate of drug-likeness (QED) is 0.188. The van der Waals surface area contributed by atoms with E-state index in [9.17, 15) is 0 Å². The van der Waals surface area contributed by atoms with Gasteiger partial charge in [0.15, 0.2) is 11.6 Å². The summed E-state index contributed by atoms with van der Waals surface area (Å²) in [5.41, 5.74) is 9.28. The van der Waals surface area contributed by atoms with Gasteiger partial charge < -0.3 is 0 Å². The Morgan fingerprint density at radius 3 is 1.54 bits per heavy atom. The molecule has 234 valence electrons. The Hall–Kier alpha value is -6.92. The minimum absolute atomic E-state index is 0.576. The Balaban J connectivity index is 1.22. The largest absolute Gasteiger partial charge is 0.294 e. The van der Waals surface area contributed by atoms with Gasteiger partial charge in [0.2, 0.25) is 5.95 Å². The monoisotopic (exact) mass is 640 g/mol. The molecule has 10 rings (SSSR count). The number of pyridine rings is 1. The molecule has 0 bridgehead atoms. The highest BCUT2D eigenvalue weighted by atomic mass is 15.2. The van der Waals surface area contributed by atoms with E-state index >= 15 is 0 Å². The van der Waals surface area contributed by atoms with Crippen LogP contribution in [0.2, 0.25) is 0 Å². The fraction of sp³-hybridized carbons (Fsp3) is 0. The van der Waals surface area contributed by atoms with Crippen molar-refractivity contribution < 1.29 is 0 Å². The van der Waals surface area contributed by atoms with Gasteiger partial charge in [-0.05, 0) is 53.6 Å². The summed E-state index contributed by atoms with van der Waals surface area (Å²) < 4.78 is 4.43. The van der Waals surface area contributed by atoms with Gasteiger partial charge in [-0.25, -0.2) is 9.97 Å². The van der Waals surface area contributed by atoms with Crippen LogP contribution in [-0.4, -0.2) is 29.1 Å². The normalized spacial score (nSPS) is 11.6. The highest BCUT2D eigenvalue weighted by Gasteiger charge is 2.19. The first kappa shape index (κ1) is 28.1. The first-order valence-electron chi connectivity index (χ1n) is 16.7. The maximum absolute atomic E-state index is 5.12. The number of nitrogens with zero attached hydrogens (tertiary/aromatic N) is 6. The van der Waals surface area contributed by atoms with Gasteiger partial charge in [-0.2, -0.15) is 9.97 Å². The number of hydrogen-bond acceptors (Lipinski definition) is 4. The molecular weight excluding hydrogens is 613 g/mol. The van der Waals surface area contributed by atoms with Gasteiger partial charge in [-0.15, -0.1) is 0 Å². The summed E-state index contributed by atoms with van der Waals surface area (Å²) in [5.74, 6) is 1.83. The van der Waals surface area contributed by atoms with Crippen molar-refractivity contribution in [3.8, 4) is 45.5 Å². The first-order valence-corrected chi connectivity index (χ1v) is 16.7. The molecule has 0 aliphatic heterocycles. The van der Waals surface area contributed by atoms with E-state index < -0.39 is 0 Å². The molecule has 0 aliphatic rings. The molecule has 6 aromatic carbocycles. The molecule has 0 N–H and O–H groups in total. The molecule has 0 fully saturated rings. The molecule has 0 aliphatic carbocycles. The number of hydrogen-bond donors (Lipinski definition) is 0. The van der Waals surface area contributed by atoms with Crippen molar-refractivity contribution in [1.29, 1.82) is 0 Å². The lowest BCUT2D eigenvalue weighted by molar-refractivity contribution is 0.953.